The van der Waals surface area contributed by atoms with Crippen LogP contribution in [0.1, 0.15) is 12.5 Å². The molecule has 0 radical (unpaired) electrons. The molecule has 1 heterocycles. The standard InChI is InChI=1S/C15H17N5OS/c1-10-12(11-6-4-3-5-7-11)13(10)14(21)16-8-9-22-15-17-18-19-20(15)2/h3-7,13H,8-9H2,1-2H3,(H,16,21). The molecule has 0 saturated carbocycles. The maximum Gasteiger partial charge on any atom is 0.231 e. The van der Waals surface area contributed by atoms with Gasteiger partial charge < -0.3 is 5.32 Å². The summed E-state index contributed by atoms with van der Waals surface area (Å²) in [7, 11) is 1.80. The maximum atomic E-state index is 12.2. The van der Waals surface area contributed by atoms with Crippen molar-refractivity contribution in [3.63, 3.8) is 0 Å². The third-order valence-electron chi connectivity index (χ3n) is 3.62. The monoisotopic (exact) mass is 315 g/mol. The Morgan fingerprint density at radius 3 is 2.82 bits per heavy atom. The van der Waals surface area contributed by atoms with Crippen molar-refractivity contribution in [2.75, 3.05) is 12.3 Å². The van der Waals surface area contributed by atoms with Gasteiger partial charge in [0.1, 0.15) is 0 Å². The van der Waals surface area contributed by atoms with Gasteiger partial charge in [-0.1, -0.05) is 47.7 Å². The Morgan fingerprint density at radius 1 is 1.36 bits per heavy atom. The fourth-order valence-corrected chi connectivity index (χ4v) is 3.14. The highest BCUT2D eigenvalue weighted by Crippen LogP contribution is 2.46. The third-order valence-corrected chi connectivity index (χ3v) is 4.64. The average Bonchev–Trinajstić information content (AvgIpc) is 3.04. The number of nitrogens with zero attached hydrogens (tertiary/aromatic N) is 4. The Labute approximate surface area is 133 Å². The number of hydrogen-bond acceptors (Lipinski definition) is 5. The highest BCUT2D eigenvalue weighted by atomic mass is 32.2. The van der Waals surface area contributed by atoms with E-state index in [1.165, 1.54) is 11.8 Å². The lowest BCUT2D eigenvalue weighted by molar-refractivity contribution is -0.121. The number of thioether (sulfide) groups is 1. The molecule has 0 bridgehead atoms. The number of hydrogen-bond donors (Lipinski definition) is 1. The lowest BCUT2D eigenvalue weighted by atomic mass is 10.1. The summed E-state index contributed by atoms with van der Waals surface area (Å²) in [6, 6.07) is 10.1. The zero-order chi connectivity index (χ0) is 15.5. The number of aromatic nitrogens is 4. The molecule has 1 aromatic carbocycles. The van der Waals surface area contributed by atoms with E-state index in [0.29, 0.717) is 6.54 Å². The quantitative estimate of drug-likeness (QED) is 0.646. The van der Waals surface area contributed by atoms with E-state index in [1.807, 2.05) is 37.3 Å². The van der Waals surface area contributed by atoms with Gasteiger partial charge in [-0.15, -0.1) is 5.10 Å². The van der Waals surface area contributed by atoms with Gasteiger partial charge in [-0.3, -0.25) is 4.79 Å². The van der Waals surface area contributed by atoms with Crippen LogP contribution in [0.25, 0.3) is 5.57 Å². The fourth-order valence-electron chi connectivity index (χ4n) is 2.43. The number of rotatable bonds is 6. The molecule has 0 saturated heterocycles. The Hall–Kier alpha value is -2.15. The van der Waals surface area contributed by atoms with Crippen LogP contribution in [0, 0.1) is 5.92 Å². The minimum Gasteiger partial charge on any atom is -0.354 e. The van der Waals surface area contributed by atoms with Crippen LogP contribution in [0.2, 0.25) is 0 Å². The van der Waals surface area contributed by atoms with Gasteiger partial charge in [0.2, 0.25) is 11.1 Å². The van der Waals surface area contributed by atoms with Crippen molar-refractivity contribution in [3.05, 3.63) is 41.5 Å². The predicted molar refractivity (Wildman–Crippen MR) is 85.1 cm³/mol. The number of carbonyl (C=O) groups excluding carboxylic acids is 1. The molecule has 7 heteroatoms. The molecule has 2 aromatic rings. The summed E-state index contributed by atoms with van der Waals surface area (Å²) >= 11 is 1.52. The molecule has 22 heavy (non-hydrogen) atoms. The molecule has 1 atom stereocenters. The summed E-state index contributed by atoms with van der Waals surface area (Å²) in [6.45, 7) is 2.62. The summed E-state index contributed by atoms with van der Waals surface area (Å²) in [5, 5.41) is 15.0. The largest absolute Gasteiger partial charge is 0.354 e. The highest BCUT2D eigenvalue weighted by Gasteiger charge is 2.39. The van der Waals surface area contributed by atoms with Crippen molar-refractivity contribution >= 4 is 23.2 Å². The normalized spacial score (nSPS) is 16.7. The first-order chi connectivity index (χ1) is 10.7. The van der Waals surface area contributed by atoms with E-state index in [-0.39, 0.29) is 11.8 Å². The fraction of sp³-hybridized carbons (Fsp3) is 0.333. The molecule has 0 aliphatic heterocycles. The summed E-state index contributed by atoms with van der Waals surface area (Å²) in [6.07, 6.45) is 0. The van der Waals surface area contributed by atoms with Crippen molar-refractivity contribution in [2.45, 2.75) is 12.1 Å². The molecular weight excluding hydrogens is 298 g/mol. The number of nitrogens with one attached hydrogen (secondary N) is 1. The molecule has 3 rings (SSSR count). The first-order valence-electron chi connectivity index (χ1n) is 7.07. The Bertz CT molecular complexity index is 710. The van der Waals surface area contributed by atoms with Crippen molar-refractivity contribution in [2.24, 2.45) is 13.0 Å². The summed E-state index contributed by atoms with van der Waals surface area (Å²) in [4.78, 5) is 12.2. The average molecular weight is 315 g/mol. The molecule has 1 unspecified atom stereocenters. The first-order valence-corrected chi connectivity index (χ1v) is 8.06. The molecule has 1 aromatic heterocycles. The maximum absolute atomic E-state index is 12.2. The van der Waals surface area contributed by atoms with Crippen LogP contribution in [0.4, 0.5) is 0 Å². The van der Waals surface area contributed by atoms with E-state index < -0.39 is 0 Å². The van der Waals surface area contributed by atoms with Crippen molar-refractivity contribution in [1.29, 1.82) is 0 Å². The Morgan fingerprint density at radius 2 is 2.14 bits per heavy atom. The van der Waals surface area contributed by atoms with Crippen molar-refractivity contribution in [1.82, 2.24) is 25.5 Å². The summed E-state index contributed by atoms with van der Waals surface area (Å²) in [5.41, 5.74) is 3.46. The smallest absolute Gasteiger partial charge is 0.231 e. The molecule has 1 amide bonds. The number of benzene rings is 1. The highest BCUT2D eigenvalue weighted by molar-refractivity contribution is 7.99. The van der Waals surface area contributed by atoms with Gasteiger partial charge in [-0.05, 0) is 28.5 Å². The van der Waals surface area contributed by atoms with Crippen LogP contribution in [0.5, 0.6) is 0 Å². The van der Waals surface area contributed by atoms with Gasteiger partial charge in [0, 0.05) is 19.3 Å². The first kappa shape index (κ1) is 14.8. The van der Waals surface area contributed by atoms with E-state index in [2.05, 4.69) is 20.8 Å². The van der Waals surface area contributed by atoms with Crippen LogP contribution in [-0.4, -0.2) is 38.4 Å². The van der Waals surface area contributed by atoms with E-state index in [4.69, 9.17) is 0 Å². The predicted octanol–water partition coefficient (Wildman–Crippen LogP) is 1.52. The lowest BCUT2D eigenvalue weighted by Gasteiger charge is -2.05. The SMILES string of the molecule is CC1=C(c2ccccc2)C1C(=O)NCCSc1nnnn1C. The molecule has 1 N–H and O–H groups in total. The van der Waals surface area contributed by atoms with Gasteiger partial charge in [0.25, 0.3) is 0 Å². The van der Waals surface area contributed by atoms with Crippen LogP contribution >= 0.6 is 11.8 Å². The molecule has 0 spiro atoms. The zero-order valence-electron chi connectivity index (χ0n) is 12.5. The molecule has 1 aliphatic rings. The molecular formula is C15H17N5OS. The van der Waals surface area contributed by atoms with Crippen LogP contribution in [0.15, 0.2) is 41.1 Å². The topological polar surface area (TPSA) is 72.7 Å². The second-order valence-corrected chi connectivity index (χ2v) is 6.18. The second-order valence-electron chi connectivity index (χ2n) is 5.12. The number of aryl methyl sites for hydroxylation is 1. The second kappa shape index (κ2) is 6.31. The molecule has 0 fully saturated rings. The van der Waals surface area contributed by atoms with Gasteiger partial charge in [-0.2, -0.15) is 0 Å². The van der Waals surface area contributed by atoms with Crippen LogP contribution in [0.3, 0.4) is 0 Å². The number of amides is 1. The Kier molecular flexibility index (Phi) is 4.24. The number of tetrazole rings is 1. The zero-order valence-corrected chi connectivity index (χ0v) is 13.3. The van der Waals surface area contributed by atoms with E-state index in [0.717, 1.165) is 27.6 Å². The number of carbonyl (C=O) groups is 1. The van der Waals surface area contributed by atoms with Crippen LogP contribution in [-0.2, 0) is 11.8 Å². The van der Waals surface area contributed by atoms with Gasteiger partial charge in [0.15, 0.2) is 0 Å². The minimum absolute atomic E-state index is 0.0658. The van der Waals surface area contributed by atoms with Gasteiger partial charge in [0.05, 0.1) is 5.92 Å². The van der Waals surface area contributed by atoms with E-state index in [9.17, 15) is 4.79 Å². The van der Waals surface area contributed by atoms with Crippen LogP contribution < -0.4 is 5.32 Å². The molecule has 1 aliphatic carbocycles. The van der Waals surface area contributed by atoms with E-state index in [1.54, 1.807) is 11.7 Å². The van der Waals surface area contributed by atoms with Gasteiger partial charge >= 0.3 is 0 Å². The third kappa shape index (κ3) is 3.04. The summed E-state index contributed by atoms with van der Waals surface area (Å²) < 4.78 is 1.62. The lowest BCUT2D eigenvalue weighted by Crippen LogP contribution is -2.28. The summed E-state index contributed by atoms with van der Waals surface area (Å²) in [5.74, 6) is 0.754. The van der Waals surface area contributed by atoms with Crippen molar-refractivity contribution in [3.8, 4) is 0 Å². The van der Waals surface area contributed by atoms with E-state index >= 15 is 0 Å². The van der Waals surface area contributed by atoms with Gasteiger partial charge in [-0.25, -0.2) is 4.68 Å². The molecule has 6 nitrogen and oxygen atoms in total. The van der Waals surface area contributed by atoms with Crippen molar-refractivity contribution < 1.29 is 4.79 Å². The Balaban J connectivity index is 1.45. The molecule has 114 valence electrons. The minimum atomic E-state index is -0.0658.